The summed E-state index contributed by atoms with van der Waals surface area (Å²) in [4.78, 5) is 11.8. The fraction of sp³-hybridized carbons (Fsp3) is 0.897. The number of cyclic esters (lactones) is 1. The van der Waals surface area contributed by atoms with Crippen LogP contribution in [0, 0.1) is 28.6 Å². The van der Waals surface area contributed by atoms with Crippen molar-refractivity contribution in [2.75, 3.05) is 13.2 Å². The van der Waals surface area contributed by atoms with E-state index in [9.17, 15) is 45.6 Å². The molecule has 4 saturated carbocycles. The molecule has 0 unspecified atom stereocenters. The van der Waals surface area contributed by atoms with Crippen molar-refractivity contribution in [1.82, 2.24) is 0 Å². The van der Waals surface area contributed by atoms with Crippen molar-refractivity contribution in [3.05, 3.63) is 11.6 Å². The molecule has 0 radical (unpaired) electrons. The van der Waals surface area contributed by atoms with Crippen LogP contribution in [0.1, 0.15) is 58.8 Å². The van der Waals surface area contributed by atoms with E-state index in [1.54, 1.807) is 0 Å². The van der Waals surface area contributed by atoms with Crippen LogP contribution in [0.4, 0.5) is 0 Å². The summed E-state index contributed by atoms with van der Waals surface area (Å²) in [6.07, 6.45) is -6.68. The average molecular weight is 585 g/mol. The SMILES string of the molecule is C[C@@H]1O[C@@H](O[C@@H]2C[C@H](O)[C@]3(CO)[C@H]4[C@H](O)C[C@]5(C)[C@H](C6=CC(=O)OC6)CC[C@]5(O)[C@@H]4CC[C@]3(O)C2)[C@H](O)[C@H](O)[C@H]1O. The van der Waals surface area contributed by atoms with E-state index in [1.165, 1.54) is 13.0 Å². The highest BCUT2D eigenvalue weighted by atomic mass is 16.7. The van der Waals surface area contributed by atoms with Gasteiger partial charge in [0.05, 0.1) is 47.6 Å². The number of ether oxygens (including phenoxy) is 3. The lowest BCUT2D eigenvalue weighted by Gasteiger charge is -2.68. The minimum absolute atomic E-state index is 0.0369. The Morgan fingerprint density at radius 3 is 2.41 bits per heavy atom. The Balaban J connectivity index is 1.28. The summed E-state index contributed by atoms with van der Waals surface area (Å²) in [6.45, 7) is 3.00. The maximum atomic E-state index is 12.4. The van der Waals surface area contributed by atoms with Crippen molar-refractivity contribution in [2.45, 2.75) is 119 Å². The Morgan fingerprint density at radius 1 is 1.02 bits per heavy atom. The summed E-state index contributed by atoms with van der Waals surface area (Å²) in [5, 5.41) is 89.6. The van der Waals surface area contributed by atoms with E-state index >= 15 is 0 Å². The average Bonchev–Trinajstić information content (AvgIpc) is 3.45. The zero-order valence-electron chi connectivity index (χ0n) is 23.5. The zero-order valence-corrected chi connectivity index (χ0v) is 23.5. The topological polar surface area (TPSA) is 207 Å². The molecule has 0 spiro atoms. The predicted molar refractivity (Wildman–Crippen MR) is 139 cm³/mol. The normalized spacial score (nSPS) is 56.9. The van der Waals surface area contributed by atoms with Gasteiger partial charge in [0, 0.05) is 30.3 Å². The smallest absolute Gasteiger partial charge is 0.331 e. The van der Waals surface area contributed by atoms with Gasteiger partial charge in [-0.2, -0.15) is 0 Å². The Kier molecular flexibility index (Phi) is 7.22. The number of esters is 1. The molecule has 12 heteroatoms. The van der Waals surface area contributed by atoms with Gasteiger partial charge in [0.1, 0.15) is 24.9 Å². The predicted octanol–water partition coefficient (Wildman–Crippen LogP) is -1.51. The fourth-order valence-electron chi connectivity index (χ4n) is 10.1. The number of rotatable bonds is 4. The van der Waals surface area contributed by atoms with Gasteiger partial charge in [-0.1, -0.05) is 6.92 Å². The van der Waals surface area contributed by atoms with Gasteiger partial charge in [-0.3, -0.25) is 0 Å². The molecule has 15 atom stereocenters. The molecule has 0 aromatic carbocycles. The first-order chi connectivity index (χ1) is 19.2. The molecular weight excluding hydrogens is 540 g/mol. The first kappa shape index (κ1) is 29.9. The minimum Gasteiger partial charge on any atom is -0.458 e. The molecule has 0 aromatic heterocycles. The maximum absolute atomic E-state index is 12.4. The Hall–Kier alpha value is -1.19. The number of hydrogen-bond donors (Lipinski definition) is 8. The van der Waals surface area contributed by atoms with Crippen LogP contribution in [0.3, 0.4) is 0 Å². The molecule has 1 saturated heterocycles. The molecular formula is C29H44O12. The first-order valence-corrected chi connectivity index (χ1v) is 14.9. The summed E-state index contributed by atoms with van der Waals surface area (Å²) < 4.78 is 16.7. The summed E-state index contributed by atoms with van der Waals surface area (Å²) in [6, 6.07) is 0. The van der Waals surface area contributed by atoms with E-state index < -0.39 is 95.5 Å². The van der Waals surface area contributed by atoms with E-state index in [-0.39, 0.29) is 38.2 Å². The first-order valence-electron chi connectivity index (χ1n) is 14.9. The van der Waals surface area contributed by atoms with Gasteiger partial charge in [-0.15, -0.1) is 0 Å². The standard InChI is InChI=1S/C29H44O12/c1-13-22(34)23(35)24(36)25(40-13)41-15-8-19(32)28(12-30)21-17(3-5-27(28,37)9-15)29(38)6-4-16(14-7-20(33)39-11-14)26(29,2)10-18(21)31/h7,13,15-19,21-25,30-32,34-38H,3-6,8-12H2,1-2H3/t13-,15+,16-,17+,18+,19-,21+,22-,23+,24+,25-,26+,27-,28+,29-/m0/s1. The van der Waals surface area contributed by atoms with E-state index in [4.69, 9.17) is 14.2 Å². The molecule has 6 rings (SSSR count). The summed E-state index contributed by atoms with van der Waals surface area (Å²) in [5.41, 5.74) is -4.46. The molecule has 2 aliphatic heterocycles. The molecule has 5 fully saturated rings. The van der Waals surface area contributed by atoms with Crippen LogP contribution in [0.2, 0.25) is 0 Å². The number of aliphatic hydroxyl groups is 8. The van der Waals surface area contributed by atoms with E-state index in [1.807, 2.05) is 6.92 Å². The highest BCUT2D eigenvalue weighted by Gasteiger charge is 2.75. The molecule has 232 valence electrons. The molecule has 8 N–H and O–H groups in total. The largest absolute Gasteiger partial charge is 0.458 e. The van der Waals surface area contributed by atoms with Crippen LogP contribution in [-0.2, 0) is 19.0 Å². The van der Waals surface area contributed by atoms with Gasteiger partial charge in [0.2, 0.25) is 0 Å². The maximum Gasteiger partial charge on any atom is 0.331 e. The van der Waals surface area contributed by atoms with Gasteiger partial charge >= 0.3 is 5.97 Å². The van der Waals surface area contributed by atoms with Crippen LogP contribution in [0.5, 0.6) is 0 Å². The minimum atomic E-state index is -1.67. The third kappa shape index (κ3) is 3.99. The third-order valence-corrected chi connectivity index (χ3v) is 12.2. The molecule has 0 aromatic rings. The number of aliphatic hydroxyl groups excluding tert-OH is 6. The quantitative estimate of drug-likeness (QED) is 0.140. The van der Waals surface area contributed by atoms with Crippen molar-refractivity contribution >= 4 is 5.97 Å². The van der Waals surface area contributed by atoms with Crippen molar-refractivity contribution in [3.8, 4) is 0 Å². The third-order valence-electron chi connectivity index (χ3n) is 12.2. The second-order valence-electron chi connectivity index (χ2n) is 13.8. The van der Waals surface area contributed by atoms with E-state index in [0.29, 0.717) is 19.3 Å². The van der Waals surface area contributed by atoms with Gasteiger partial charge in [0.25, 0.3) is 0 Å². The highest BCUT2D eigenvalue weighted by Crippen LogP contribution is 2.70. The van der Waals surface area contributed by atoms with Gasteiger partial charge in [0.15, 0.2) is 6.29 Å². The Labute approximate surface area is 238 Å². The molecule has 0 bridgehead atoms. The van der Waals surface area contributed by atoms with Gasteiger partial charge in [-0.05, 0) is 56.4 Å². The van der Waals surface area contributed by atoms with Gasteiger partial charge in [-0.25, -0.2) is 4.79 Å². The number of fused-ring (bicyclic) bond motifs is 5. The fourth-order valence-corrected chi connectivity index (χ4v) is 10.1. The molecule has 2 heterocycles. The van der Waals surface area contributed by atoms with Crippen molar-refractivity contribution in [2.24, 2.45) is 28.6 Å². The lowest BCUT2D eigenvalue weighted by molar-refractivity contribution is -0.342. The Bertz CT molecular complexity index is 1080. The van der Waals surface area contributed by atoms with Crippen molar-refractivity contribution in [3.63, 3.8) is 0 Å². The second kappa shape index (κ2) is 9.91. The number of hydrogen-bond acceptors (Lipinski definition) is 12. The summed E-state index contributed by atoms with van der Waals surface area (Å²) >= 11 is 0. The number of carbonyl (C=O) groups excluding carboxylic acids is 1. The monoisotopic (exact) mass is 584 g/mol. The molecule has 12 nitrogen and oxygen atoms in total. The Morgan fingerprint density at radius 2 is 1.76 bits per heavy atom. The van der Waals surface area contributed by atoms with E-state index in [2.05, 4.69) is 0 Å². The summed E-state index contributed by atoms with van der Waals surface area (Å²) in [5.74, 6) is -1.93. The number of carbonyl (C=O) groups is 1. The van der Waals surface area contributed by atoms with Crippen molar-refractivity contribution in [1.29, 1.82) is 0 Å². The van der Waals surface area contributed by atoms with Crippen LogP contribution in [0.25, 0.3) is 0 Å². The zero-order chi connectivity index (χ0) is 29.7. The van der Waals surface area contributed by atoms with E-state index in [0.717, 1.165) is 5.57 Å². The lowest BCUT2D eigenvalue weighted by Crippen LogP contribution is -2.76. The molecule has 6 aliphatic rings. The summed E-state index contributed by atoms with van der Waals surface area (Å²) in [7, 11) is 0. The van der Waals surface area contributed by atoms with Crippen molar-refractivity contribution < 1.29 is 59.9 Å². The highest BCUT2D eigenvalue weighted by molar-refractivity contribution is 5.85. The lowest BCUT2D eigenvalue weighted by atomic mass is 9.40. The molecule has 0 amide bonds. The molecule has 41 heavy (non-hydrogen) atoms. The van der Waals surface area contributed by atoms with Crippen LogP contribution < -0.4 is 0 Å². The van der Waals surface area contributed by atoms with Crippen LogP contribution in [0.15, 0.2) is 11.6 Å². The molecule has 4 aliphatic carbocycles. The van der Waals surface area contributed by atoms with Crippen LogP contribution in [-0.4, -0.2) is 120 Å². The second-order valence-corrected chi connectivity index (χ2v) is 13.8. The van der Waals surface area contributed by atoms with Gasteiger partial charge < -0.3 is 55.1 Å². The van der Waals surface area contributed by atoms with Crippen LogP contribution >= 0.6 is 0 Å².